The van der Waals surface area contributed by atoms with Gasteiger partial charge in [0.1, 0.15) is 25.0 Å². The summed E-state index contributed by atoms with van der Waals surface area (Å²) in [6.07, 6.45) is 0. The van der Waals surface area contributed by atoms with Crippen molar-refractivity contribution in [3.8, 4) is 17.2 Å². The van der Waals surface area contributed by atoms with E-state index in [1.807, 2.05) is 37.3 Å². The molecule has 2 atom stereocenters. The first kappa shape index (κ1) is 20.6. The minimum atomic E-state index is -0.835. The van der Waals surface area contributed by atoms with Crippen molar-refractivity contribution in [2.24, 2.45) is 0 Å². The zero-order valence-electron chi connectivity index (χ0n) is 15.6. The Kier molecular flexibility index (Phi) is 6.93. The van der Waals surface area contributed by atoms with Crippen molar-refractivity contribution in [2.75, 3.05) is 26.1 Å². The molecule has 2 aromatic carbocycles. The summed E-state index contributed by atoms with van der Waals surface area (Å²) in [4.78, 5) is 11.1. The number of carbonyl (C=O) groups is 1. The number of rotatable bonds is 8. The molecule has 8 heteroatoms. The standard InChI is InChI=1S/C20H22ClNO5S/c1-12-9-14(4-5-15(12)21)26-7-8-27-17-6-3-13(10-18(17)25-2)19-22-16(11-28-19)20(23)24/h3-6,9-10,16,19,22H,7-8,11H2,1-2H3,(H,23,24). The number of aryl methyl sites for hydroxylation is 1. The molecule has 150 valence electrons. The summed E-state index contributed by atoms with van der Waals surface area (Å²) in [5.74, 6) is 1.64. The molecule has 28 heavy (non-hydrogen) atoms. The van der Waals surface area contributed by atoms with Crippen LogP contribution in [0.1, 0.15) is 16.5 Å². The fourth-order valence-electron chi connectivity index (χ4n) is 2.79. The molecule has 2 unspecified atom stereocenters. The van der Waals surface area contributed by atoms with Gasteiger partial charge in [0, 0.05) is 10.8 Å². The molecule has 2 N–H and O–H groups in total. The van der Waals surface area contributed by atoms with Crippen molar-refractivity contribution < 1.29 is 24.1 Å². The Bertz CT molecular complexity index is 847. The van der Waals surface area contributed by atoms with Crippen molar-refractivity contribution in [1.29, 1.82) is 0 Å². The first-order valence-corrected chi connectivity index (χ1v) is 10.2. The lowest BCUT2D eigenvalue weighted by Crippen LogP contribution is -2.33. The van der Waals surface area contributed by atoms with Crippen molar-refractivity contribution in [3.05, 3.63) is 52.5 Å². The number of hydrogen-bond donors (Lipinski definition) is 2. The topological polar surface area (TPSA) is 77.0 Å². The van der Waals surface area contributed by atoms with Crippen LogP contribution >= 0.6 is 23.4 Å². The Labute approximate surface area is 173 Å². The molecule has 0 bridgehead atoms. The lowest BCUT2D eigenvalue weighted by atomic mass is 10.2. The highest BCUT2D eigenvalue weighted by Crippen LogP contribution is 2.37. The molecule has 0 aromatic heterocycles. The van der Waals surface area contributed by atoms with Crippen molar-refractivity contribution >= 4 is 29.3 Å². The van der Waals surface area contributed by atoms with Gasteiger partial charge in [-0.15, -0.1) is 11.8 Å². The predicted molar refractivity (Wildman–Crippen MR) is 110 cm³/mol. The van der Waals surface area contributed by atoms with Gasteiger partial charge in [-0.05, 0) is 48.4 Å². The molecule has 0 spiro atoms. The van der Waals surface area contributed by atoms with E-state index in [-0.39, 0.29) is 5.37 Å². The molecule has 2 aromatic rings. The van der Waals surface area contributed by atoms with E-state index in [0.29, 0.717) is 35.5 Å². The Morgan fingerprint density at radius 3 is 2.68 bits per heavy atom. The van der Waals surface area contributed by atoms with Gasteiger partial charge in [0.05, 0.1) is 12.5 Å². The van der Waals surface area contributed by atoms with E-state index >= 15 is 0 Å². The Morgan fingerprint density at radius 2 is 2.00 bits per heavy atom. The van der Waals surface area contributed by atoms with Gasteiger partial charge < -0.3 is 19.3 Å². The van der Waals surface area contributed by atoms with Crippen LogP contribution in [0.3, 0.4) is 0 Å². The molecule has 0 aliphatic carbocycles. The number of methoxy groups -OCH3 is 1. The summed E-state index contributed by atoms with van der Waals surface area (Å²) in [5, 5.41) is 12.8. The number of nitrogens with one attached hydrogen (secondary N) is 1. The van der Waals surface area contributed by atoms with Gasteiger partial charge in [-0.1, -0.05) is 17.7 Å². The fraction of sp³-hybridized carbons (Fsp3) is 0.350. The van der Waals surface area contributed by atoms with E-state index in [1.54, 1.807) is 24.9 Å². The fourth-order valence-corrected chi connectivity index (χ4v) is 4.13. The van der Waals surface area contributed by atoms with Crippen molar-refractivity contribution in [2.45, 2.75) is 18.3 Å². The summed E-state index contributed by atoms with van der Waals surface area (Å²) in [5.41, 5.74) is 1.91. The van der Waals surface area contributed by atoms with Gasteiger partial charge in [-0.3, -0.25) is 10.1 Å². The quantitative estimate of drug-likeness (QED) is 0.623. The van der Waals surface area contributed by atoms with E-state index in [4.69, 9.17) is 30.9 Å². The average Bonchev–Trinajstić information content (AvgIpc) is 3.18. The van der Waals surface area contributed by atoms with Crippen LogP contribution in [0.25, 0.3) is 0 Å². The van der Waals surface area contributed by atoms with Gasteiger partial charge in [-0.2, -0.15) is 0 Å². The van der Waals surface area contributed by atoms with Gasteiger partial charge in [0.15, 0.2) is 11.5 Å². The number of ether oxygens (including phenoxy) is 3. The van der Waals surface area contributed by atoms with Crippen LogP contribution in [0.2, 0.25) is 5.02 Å². The average molecular weight is 424 g/mol. The van der Waals surface area contributed by atoms with E-state index in [0.717, 1.165) is 16.9 Å². The van der Waals surface area contributed by atoms with Crippen molar-refractivity contribution in [3.63, 3.8) is 0 Å². The Hall–Kier alpha value is -2.09. The lowest BCUT2D eigenvalue weighted by molar-refractivity contribution is -0.138. The predicted octanol–water partition coefficient (Wildman–Crippen LogP) is 3.90. The molecule has 1 saturated heterocycles. The van der Waals surface area contributed by atoms with Crippen LogP contribution in [0.4, 0.5) is 0 Å². The molecular weight excluding hydrogens is 402 g/mol. The molecule has 6 nitrogen and oxygen atoms in total. The zero-order chi connectivity index (χ0) is 20.1. The van der Waals surface area contributed by atoms with Crippen molar-refractivity contribution in [1.82, 2.24) is 5.32 Å². The number of benzene rings is 2. The van der Waals surface area contributed by atoms with Crippen LogP contribution in [0.15, 0.2) is 36.4 Å². The molecule has 1 fully saturated rings. The van der Waals surface area contributed by atoms with E-state index in [1.165, 1.54) is 0 Å². The van der Waals surface area contributed by atoms with Gasteiger partial charge in [0.2, 0.25) is 0 Å². The molecule has 0 radical (unpaired) electrons. The summed E-state index contributed by atoms with van der Waals surface area (Å²) in [7, 11) is 1.58. The van der Waals surface area contributed by atoms with Gasteiger partial charge in [0.25, 0.3) is 0 Å². The first-order chi connectivity index (χ1) is 13.5. The number of hydrogen-bond acceptors (Lipinski definition) is 6. The maximum Gasteiger partial charge on any atom is 0.321 e. The van der Waals surface area contributed by atoms with E-state index in [9.17, 15) is 4.79 Å². The van der Waals surface area contributed by atoms with Crippen LogP contribution in [-0.2, 0) is 4.79 Å². The zero-order valence-corrected chi connectivity index (χ0v) is 17.2. The third-order valence-corrected chi connectivity index (χ3v) is 6.00. The normalized spacial score (nSPS) is 18.7. The highest BCUT2D eigenvalue weighted by molar-refractivity contribution is 7.99. The van der Waals surface area contributed by atoms with E-state index in [2.05, 4.69) is 5.32 Å². The second-order valence-electron chi connectivity index (χ2n) is 6.29. The third-order valence-electron chi connectivity index (χ3n) is 4.31. The molecule has 1 aliphatic rings. The number of aliphatic carboxylic acids is 1. The second-order valence-corrected chi connectivity index (χ2v) is 7.83. The van der Waals surface area contributed by atoms with Crippen LogP contribution in [0.5, 0.6) is 17.2 Å². The Balaban J connectivity index is 1.55. The van der Waals surface area contributed by atoms with Gasteiger partial charge >= 0.3 is 5.97 Å². The smallest absolute Gasteiger partial charge is 0.321 e. The summed E-state index contributed by atoms with van der Waals surface area (Å²) in [6, 6.07) is 10.6. The first-order valence-electron chi connectivity index (χ1n) is 8.78. The number of carboxylic acids is 1. The van der Waals surface area contributed by atoms with E-state index < -0.39 is 12.0 Å². The molecule has 1 heterocycles. The highest BCUT2D eigenvalue weighted by Gasteiger charge is 2.30. The molecule has 0 saturated carbocycles. The maximum atomic E-state index is 11.1. The minimum absolute atomic E-state index is 0.0828. The molecular formula is C20H22ClNO5S. The number of carboxylic acid groups (broad SMARTS) is 1. The maximum absolute atomic E-state index is 11.1. The summed E-state index contributed by atoms with van der Waals surface area (Å²) < 4.78 is 16.9. The largest absolute Gasteiger partial charge is 0.493 e. The van der Waals surface area contributed by atoms with Crippen LogP contribution in [-0.4, -0.2) is 43.2 Å². The Morgan fingerprint density at radius 1 is 1.21 bits per heavy atom. The monoisotopic (exact) mass is 423 g/mol. The van der Waals surface area contributed by atoms with Crippen LogP contribution < -0.4 is 19.5 Å². The minimum Gasteiger partial charge on any atom is -0.493 e. The SMILES string of the molecule is COc1cc(C2NC(C(=O)O)CS2)ccc1OCCOc1ccc(Cl)c(C)c1. The summed E-state index contributed by atoms with van der Waals surface area (Å²) in [6.45, 7) is 2.66. The van der Waals surface area contributed by atoms with Gasteiger partial charge in [-0.25, -0.2) is 0 Å². The third kappa shape index (κ3) is 5.04. The summed E-state index contributed by atoms with van der Waals surface area (Å²) >= 11 is 7.57. The lowest BCUT2D eigenvalue weighted by Gasteiger charge is -2.16. The van der Waals surface area contributed by atoms with Crippen LogP contribution in [0, 0.1) is 6.92 Å². The number of halogens is 1. The molecule has 0 amide bonds. The number of thioether (sulfide) groups is 1. The highest BCUT2D eigenvalue weighted by atomic mass is 35.5. The second kappa shape index (κ2) is 9.41. The molecule has 1 aliphatic heterocycles. The molecule has 3 rings (SSSR count).